The van der Waals surface area contributed by atoms with E-state index in [0.717, 1.165) is 6.07 Å². The van der Waals surface area contributed by atoms with Crippen molar-refractivity contribution < 1.29 is 26.5 Å². The number of carbonyl (C=O) groups is 1. The minimum absolute atomic E-state index is 0.166. The monoisotopic (exact) mass is 383 g/mol. The van der Waals surface area contributed by atoms with Crippen molar-refractivity contribution in [3.63, 3.8) is 0 Å². The molecular weight excluding hydrogens is 373 g/mol. The predicted molar refractivity (Wildman–Crippen MR) is 86.2 cm³/mol. The highest BCUT2D eigenvalue weighted by Crippen LogP contribution is 2.35. The minimum Gasteiger partial charge on any atom is -0.460 e. The van der Waals surface area contributed by atoms with Gasteiger partial charge in [0.05, 0.1) is 0 Å². The number of carbonyl (C=O) groups excluding carboxylic acids is 1. The molecule has 2 aromatic rings. The number of Topliss-reactive ketones (excluding diaryl/α,β-unsaturated/α-hetero) is 1. The standard InChI is InChI=1S/C16H11ClFNO5S/c17-9-6-7-12(18)11(8-9)14-13(20)15(16(19)23-14)24-25(21,22)10-4-2-1-3-5-10/h1-8,14H,19H2. The lowest BCUT2D eigenvalue weighted by Crippen LogP contribution is -2.16. The summed E-state index contributed by atoms with van der Waals surface area (Å²) in [5.74, 6) is -2.91. The number of ketones is 1. The van der Waals surface area contributed by atoms with Crippen molar-refractivity contribution in [3.05, 3.63) is 76.6 Å². The molecule has 6 nitrogen and oxygen atoms in total. The van der Waals surface area contributed by atoms with Crippen LogP contribution in [0.2, 0.25) is 5.02 Å². The van der Waals surface area contributed by atoms with E-state index < -0.39 is 39.5 Å². The third-order valence-electron chi connectivity index (χ3n) is 3.40. The lowest BCUT2D eigenvalue weighted by Gasteiger charge is -2.11. The molecule has 1 atom stereocenters. The molecule has 25 heavy (non-hydrogen) atoms. The van der Waals surface area contributed by atoms with Gasteiger partial charge in [-0.05, 0) is 30.3 Å². The third-order valence-corrected chi connectivity index (χ3v) is 4.87. The van der Waals surface area contributed by atoms with E-state index in [4.69, 9.17) is 26.3 Å². The van der Waals surface area contributed by atoms with E-state index in [1.807, 2.05) is 0 Å². The maximum absolute atomic E-state index is 13.9. The number of hydrogen-bond donors (Lipinski definition) is 1. The Morgan fingerprint density at radius 1 is 1.16 bits per heavy atom. The zero-order valence-electron chi connectivity index (χ0n) is 12.5. The molecule has 1 heterocycles. The Bertz CT molecular complexity index is 975. The summed E-state index contributed by atoms with van der Waals surface area (Å²) in [5, 5.41) is 0.178. The Morgan fingerprint density at radius 3 is 2.52 bits per heavy atom. The quantitative estimate of drug-likeness (QED) is 0.815. The van der Waals surface area contributed by atoms with E-state index in [2.05, 4.69) is 0 Å². The molecular formula is C16H11ClFNO5S. The Balaban J connectivity index is 1.90. The number of benzene rings is 2. The Labute approximate surface area is 147 Å². The van der Waals surface area contributed by atoms with Gasteiger partial charge in [0.25, 0.3) is 0 Å². The molecule has 0 amide bonds. The molecule has 0 spiro atoms. The SMILES string of the molecule is NC1=C(OS(=O)(=O)c2ccccc2)C(=O)C(c2cc(Cl)ccc2F)O1. The van der Waals surface area contributed by atoms with Gasteiger partial charge in [-0.15, -0.1) is 0 Å². The van der Waals surface area contributed by atoms with Gasteiger partial charge in [0.1, 0.15) is 10.7 Å². The van der Waals surface area contributed by atoms with Gasteiger partial charge in [0.15, 0.2) is 6.10 Å². The van der Waals surface area contributed by atoms with Gasteiger partial charge in [-0.2, -0.15) is 8.42 Å². The Kier molecular flexibility index (Phi) is 4.40. The highest BCUT2D eigenvalue weighted by Gasteiger charge is 2.41. The Hall–Kier alpha value is -2.58. The van der Waals surface area contributed by atoms with E-state index in [-0.39, 0.29) is 15.5 Å². The normalized spacial score (nSPS) is 17.5. The van der Waals surface area contributed by atoms with E-state index in [9.17, 15) is 17.6 Å². The average molecular weight is 384 g/mol. The van der Waals surface area contributed by atoms with Crippen LogP contribution in [0.25, 0.3) is 0 Å². The highest BCUT2D eigenvalue weighted by atomic mass is 35.5. The van der Waals surface area contributed by atoms with Crippen molar-refractivity contribution in [3.8, 4) is 0 Å². The molecule has 1 aliphatic rings. The molecule has 1 aliphatic heterocycles. The minimum atomic E-state index is -4.29. The molecule has 1 unspecified atom stereocenters. The van der Waals surface area contributed by atoms with Gasteiger partial charge in [-0.1, -0.05) is 29.8 Å². The molecule has 0 radical (unpaired) electrons. The molecule has 0 saturated heterocycles. The van der Waals surface area contributed by atoms with Gasteiger partial charge < -0.3 is 14.7 Å². The van der Waals surface area contributed by atoms with Crippen LogP contribution in [0.1, 0.15) is 11.7 Å². The summed E-state index contributed by atoms with van der Waals surface area (Å²) < 4.78 is 48.3. The maximum atomic E-state index is 13.9. The first kappa shape index (κ1) is 17.2. The molecule has 0 aromatic heterocycles. The molecule has 130 valence electrons. The first-order valence-electron chi connectivity index (χ1n) is 6.94. The molecule has 2 N–H and O–H groups in total. The van der Waals surface area contributed by atoms with Gasteiger partial charge in [0.2, 0.25) is 17.4 Å². The molecule has 3 rings (SSSR count). The summed E-state index contributed by atoms with van der Waals surface area (Å²) >= 11 is 5.80. The largest absolute Gasteiger partial charge is 0.460 e. The van der Waals surface area contributed by atoms with Crippen molar-refractivity contribution >= 4 is 27.5 Å². The summed E-state index contributed by atoms with van der Waals surface area (Å²) in [6.07, 6.45) is -1.47. The topological polar surface area (TPSA) is 95.7 Å². The zero-order valence-corrected chi connectivity index (χ0v) is 14.1. The van der Waals surface area contributed by atoms with Crippen LogP contribution in [-0.2, 0) is 23.8 Å². The van der Waals surface area contributed by atoms with E-state index in [1.54, 1.807) is 6.07 Å². The van der Waals surface area contributed by atoms with Crippen LogP contribution < -0.4 is 5.73 Å². The Morgan fingerprint density at radius 2 is 1.84 bits per heavy atom. The second kappa shape index (κ2) is 6.38. The number of rotatable bonds is 4. The van der Waals surface area contributed by atoms with Crippen molar-refractivity contribution in [1.29, 1.82) is 0 Å². The van der Waals surface area contributed by atoms with Crippen LogP contribution in [0.15, 0.2) is 65.1 Å². The summed E-state index contributed by atoms with van der Waals surface area (Å²) in [6, 6.07) is 10.7. The van der Waals surface area contributed by atoms with Crippen molar-refractivity contribution in [2.24, 2.45) is 5.73 Å². The third kappa shape index (κ3) is 3.31. The summed E-state index contributed by atoms with van der Waals surface area (Å²) in [6.45, 7) is 0. The smallest absolute Gasteiger partial charge is 0.339 e. The molecule has 0 saturated carbocycles. The van der Waals surface area contributed by atoms with Gasteiger partial charge >= 0.3 is 10.1 Å². The molecule has 0 fully saturated rings. The lowest BCUT2D eigenvalue weighted by atomic mass is 10.1. The van der Waals surface area contributed by atoms with Gasteiger partial charge in [-0.3, -0.25) is 4.79 Å². The number of hydrogen-bond acceptors (Lipinski definition) is 6. The average Bonchev–Trinajstić information content (AvgIpc) is 2.85. The van der Waals surface area contributed by atoms with Crippen LogP contribution in [0.4, 0.5) is 4.39 Å². The van der Waals surface area contributed by atoms with Crippen molar-refractivity contribution in [2.45, 2.75) is 11.0 Å². The van der Waals surface area contributed by atoms with Crippen molar-refractivity contribution in [1.82, 2.24) is 0 Å². The number of ether oxygens (including phenoxy) is 1. The predicted octanol–water partition coefficient (Wildman–Crippen LogP) is 2.65. The fraction of sp³-hybridized carbons (Fsp3) is 0.0625. The van der Waals surface area contributed by atoms with E-state index in [0.29, 0.717) is 0 Å². The van der Waals surface area contributed by atoms with Gasteiger partial charge in [-0.25, -0.2) is 4.39 Å². The molecule has 0 aliphatic carbocycles. The second-order valence-electron chi connectivity index (χ2n) is 5.07. The van der Waals surface area contributed by atoms with Crippen LogP contribution in [0, 0.1) is 5.82 Å². The van der Waals surface area contributed by atoms with E-state index in [1.165, 1.54) is 36.4 Å². The fourth-order valence-corrected chi connectivity index (χ4v) is 3.37. The fourth-order valence-electron chi connectivity index (χ4n) is 2.22. The van der Waals surface area contributed by atoms with Crippen molar-refractivity contribution in [2.75, 3.05) is 0 Å². The van der Waals surface area contributed by atoms with Crippen LogP contribution in [-0.4, -0.2) is 14.2 Å². The molecule has 0 bridgehead atoms. The lowest BCUT2D eigenvalue weighted by molar-refractivity contribution is -0.123. The second-order valence-corrected chi connectivity index (χ2v) is 7.05. The molecule has 2 aromatic carbocycles. The van der Waals surface area contributed by atoms with Crippen LogP contribution in [0.5, 0.6) is 0 Å². The number of halogens is 2. The molecule has 9 heteroatoms. The highest BCUT2D eigenvalue weighted by molar-refractivity contribution is 7.86. The number of nitrogens with two attached hydrogens (primary N) is 1. The summed E-state index contributed by atoms with van der Waals surface area (Å²) in [7, 11) is -4.29. The first-order valence-corrected chi connectivity index (χ1v) is 8.73. The summed E-state index contributed by atoms with van der Waals surface area (Å²) in [5.41, 5.74) is 5.39. The van der Waals surface area contributed by atoms with Crippen LogP contribution >= 0.6 is 11.6 Å². The maximum Gasteiger partial charge on any atom is 0.339 e. The summed E-state index contributed by atoms with van der Waals surface area (Å²) in [4.78, 5) is 12.3. The van der Waals surface area contributed by atoms with Gasteiger partial charge in [0, 0.05) is 10.6 Å². The zero-order chi connectivity index (χ0) is 18.2. The first-order chi connectivity index (χ1) is 11.8. The van der Waals surface area contributed by atoms with E-state index >= 15 is 0 Å². The van der Waals surface area contributed by atoms with Crippen LogP contribution in [0.3, 0.4) is 0 Å².